The van der Waals surface area contributed by atoms with Crippen LogP contribution in [0.4, 0.5) is 5.82 Å². The normalized spacial score (nSPS) is 16.7. The molecule has 0 radical (unpaired) electrons. The minimum atomic E-state index is 0.985. The SMILES string of the molecule is Cc1cc(CN2CCCN(c3cccnn3)CC2)ccn1. The summed E-state index contributed by atoms with van der Waals surface area (Å²) in [6.07, 6.45) is 4.77. The molecule has 5 heteroatoms. The first-order valence-corrected chi connectivity index (χ1v) is 7.48. The first-order valence-electron chi connectivity index (χ1n) is 7.48. The Morgan fingerprint density at radius 2 is 2.05 bits per heavy atom. The molecule has 3 heterocycles. The molecule has 0 bridgehead atoms. The van der Waals surface area contributed by atoms with Crippen LogP contribution in [-0.4, -0.2) is 46.3 Å². The number of rotatable bonds is 3. The monoisotopic (exact) mass is 283 g/mol. The summed E-state index contributed by atoms with van der Waals surface area (Å²) in [5.41, 5.74) is 2.43. The highest BCUT2D eigenvalue weighted by Gasteiger charge is 2.16. The van der Waals surface area contributed by atoms with Crippen molar-refractivity contribution in [2.75, 3.05) is 31.1 Å². The molecule has 0 saturated carbocycles. The van der Waals surface area contributed by atoms with E-state index in [0.29, 0.717) is 0 Å². The standard InChI is InChI=1S/C16H21N5/c1-14-12-15(5-7-17-14)13-20-8-3-9-21(11-10-20)16-4-2-6-18-19-16/h2,4-7,12H,3,8-11,13H2,1H3. The lowest BCUT2D eigenvalue weighted by Crippen LogP contribution is -2.31. The van der Waals surface area contributed by atoms with Gasteiger partial charge in [0, 0.05) is 50.8 Å². The van der Waals surface area contributed by atoms with Crippen molar-refractivity contribution in [2.24, 2.45) is 0 Å². The highest BCUT2D eigenvalue weighted by atomic mass is 15.3. The van der Waals surface area contributed by atoms with Crippen molar-refractivity contribution in [2.45, 2.75) is 19.9 Å². The molecule has 0 atom stereocenters. The Bertz CT molecular complexity index is 572. The van der Waals surface area contributed by atoms with Gasteiger partial charge in [-0.2, -0.15) is 5.10 Å². The molecule has 110 valence electrons. The van der Waals surface area contributed by atoms with Gasteiger partial charge in [0.05, 0.1) is 0 Å². The summed E-state index contributed by atoms with van der Waals surface area (Å²) in [4.78, 5) is 9.09. The van der Waals surface area contributed by atoms with Crippen LogP contribution in [0.25, 0.3) is 0 Å². The van der Waals surface area contributed by atoms with Gasteiger partial charge in [0.1, 0.15) is 0 Å². The van der Waals surface area contributed by atoms with Crippen LogP contribution in [-0.2, 0) is 6.54 Å². The smallest absolute Gasteiger partial charge is 0.151 e. The Labute approximate surface area is 125 Å². The first kappa shape index (κ1) is 13.9. The Balaban J connectivity index is 1.61. The molecule has 1 saturated heterocycles. The largest absolute Gasteiger partial charge is 0.354 e. The van der Waals surface area contributed by atoms with Crippen LogP contribution >= 0.6 is 0 Å². The molecule has 21 heavy (non-hydrogen) atoms. The highest BCUT2D eigenvalue weighted by Crippen LogP contribution is 2.14. The fourth-order valence-electron chi connectivity index (χ4n) is 2.78. The number of hydrogen-bond donors (Lipinski definition) is 0. The molecule has 0 amide bonds. The molecule has 5 nitrogen and oxygen atoms in total. The second-order valence-electron chi connectivity index (χ2n) is 5.50. The van der Waals surface area contributed by atoms with Crippen LogP contribution in [0.15, 0.2) is 36.7 Å². The number of pyridine rings is 1. The molecule has 2 aromatic heterocycles. The third-order valence-electron chi connectivity index (χ3n) is 3.84. The van der Waals surface area contributed by atoms with E-state index in [-0.39, 0.29) is 0 Å². The number of nitrogens with zero attached hydrogens (tertiary/aromatic N) is 5. The molecule has 3 rings (SSSR count). The van der Waals surface area contributed by atoms with Crippen LogP contribution in [0.5, 0.6) is 0 Å². The lowest BCUT2D eigenvalue weighted by molar-refractivity contribution is 0.285. The van der Waals surface area contributed by atoms with Crippen molar-refractivity contribution in [3.63, 3.8) is 0 Å². The Kier molecular flexibility index (Phi) is 4.40. The van der Waals surface area contributed by atoms with E-state index in [4.69, 9.17) is 0 Å². The lowest BCUT2D eigenvalue weighted by atomic mass is 10.2. The van der Waals surface area contributed by atoms with Gasteiger partial charge in [0.25, 0.3) is 0 Å². The van der Waals surface area contributed by atoms with Crippen LogP contribution in [0.1, 0.15) is 17.7 Å². The van der Waals surface area contributed by atoms with Crippen molar-refractivity contribution in [3.05, 3.63) is 47.9 Å². The minimum absolute atomic E-state index is 0.985. The maximum atomic E-state index is 4.26. The van der Waals surface area contributed by atoms with E-state index >= 15 is 0 Å². The first-order chi connectivity index (χ1) is 10.3. The van der Waals surface area contributed by atoms with Gasteiger partial charge in [-0.05, 0) is 43.2 Å². The predicted molar refractivity (Wildman–Crippen MR) is 83.1 cm³/mol. The summed E-state index contributed by atoms with van der Waals surface area (Å²) in [6, 6.07) is 8.27. The zero-order valence-corrected chi connectivity index (χ0v) is 12.4. The molecule has 2 aromatic rings. The van der Waals surface area contributed by atoms with E-state index in [9.17, 15) is 0 Å². The topological polar surface area (TPSA) is 45.2 Å². The van der Waals surface area contributed by atoms with E-state index in [0.717, 1.165) is 50.7 Å². The summed E-state index contributed by atoms with van der Waals surface area (Å²) < 4.78 is 0. The number of anilines is 1. The van der Waals surface area contributed by atoms with Gasteiger partial charge in [0.15, 0.2) is 5.82 Å². The zero-order chi connectivity index (χ0) is 14.5. The number of hydrogen-bond acceptors (Lipinski definition) is 5. The van der Waals surface area contributed by atoms with Crippen molar-refractivity contribution < 1.29 is 0 Å². The Morgan fingerprint density at radius 3 is 2.86 bits per heavy atom. The maximum absolute atomic E-state index is 4.26. The lowest BCUT2D eigenvalue weighted by Gasteiger charge is -2.22. The van der Waals surface area contributed by atoms with Gasteiger partial charge in [-0.1, -0.05) is 0 Å². The fraction of sp³-hybridized carbons (Fsp3) is 0.438. The fourth-order valence-corrected chi connectivity index (χ4v) is 2.78. The van der Waals surface area contributed by atoms with E-state index in [1.165, 1.54) is 5.56 Å². The molecule has 1 aliphatic rings. The molecular weight excluding hydrogens is 262 g/mol. The molecule has 0 aliphatic carbocycles. The van der Waals surface area contributed by atoms with E-state index in [2.05, 4.69) is 37.1 Å². The van der Waals surface area contributed by atoms with E-state index in [1.807, 2.05) is 25.3 Å². The third-order valence-corrected chi connectivity index (χ3v) is 3.84. The number of aromatic nitrogens is 3. The van der Waals surface area contributed by atoms with Crippen LogP contribution in [0, 0.1) is 6.92 Å². The van der Waals surface area contributed by atoms with Gasteiger partial charge >= 0.3 is 0 Å². The Morgan fingerprint density at radius 1 is 1.10 bits per heavy atom. The average Bonchev–Trinajstić information content (AvgIpc) is 2.74. The van der Waals surface area contributed by atoms with Crippen molar-refractivity contribution in [1.82, 2.24) is 20.1 Å². The maximum Gasteiger partial charge on any atom is 0.151 e. The molecule has 0 aromatic carbocycles. The predicted octanol–water partition coefficient (Wildman–Crippen LogP) is 1.89. The summed E-state index contributed by atoms with van der Waals surface area (Å²) in [5, 5.41) is 8.19. The molecule has 0 N–H and O–H groups in total. The molecule has 0 spiro atoms. The van der Waals surface area contributed by atoms with Crippen LogP contribution < -0.4 is 4.90 Å². The molecular formula is C16H21N5. The second-order valence-corrected chi connectivity index (χ2v) is 5.50. The van der Waals surface area contributed by atoms with E-state index < -0.39 is 0 Å². The van der Waals surface area contributed by atoms with E-state index in [1.54, 1.807) is 6.20 Å². The molecule has 1 aliphatic heterocycles. The summed E-state index contributed by atoms with van der Waals surface area (Å²) in [7, 11) is 0. The zero-order valence-electron chi connectivity index (χ0n) is 12.4. The quantitative estimate of drug-likeness (QED) is 0.861. The van der Waals surface area contributed by atoms with Gasteiger partial charge in [-0.15, -0.1) is 5.10 Å². The average molecular weight is 283 g/mol. The van der Waals surface area contributed by atoms with Gasteiger partial charge in [0.2, 0.25) is 0 Å². The van der Waals surface area contributed by atoms with Crippen molar-refractivity contribution in [1.29, 1.82) is 0 Å². The molecule has 0 unspecified atom stereocenters. The summed E-state index contributed by atoms with van der Waals surface area (Å²) >= 11 is 0. The molecule has 1 fully saturated rings. The van der Waals surface area contributed by atoms with Crippen molar-refractivity contribution in [3.8, 4) is 0 Å². The second kappa shape index (κ2) is 6.63. The van der Waals surface area contributed by atoms with Gasteiger partial charge in [-0.3, -0.25) is 9.88 Å². The van der Waals surface area contributed by atoms with Crippen LogP contribution in [0.2, 0.25) is 0 Å². The number of aryl methyl sites for hydroxylation is 1. The summed E-state index contributed by atoms with van der Waals surface area (Å²) in [5.74, 6) is 0.985. The Hall–Kier alpha value is -2.01. The van der Waals surface area contributed by atoms with Gasteiger partial charge < -0.3 is 4.90 Å². The summed E-state index contributed by atoms with van der Waals surface area (Å²) in [6.45, 7) is 7.27. The third kappa shape index (κ3) is 3.76. The van der Waals surface area contributed by atoms with Gasteiger partial charge in [-0.25, -0.2) is 0 Å². The highest BCUT2D eigenvalue weighted by molar-refractivity contribution is 5.36. The van der Waals surface area contributed by atoms with Crippen molar-refractivity contribution >= 4 is 5.82 Å². The minimum Gasteiger partial charge on any atom is -0.354 e. The van der Waals surface area contributed by atoms with Crippen LogP contribution in [0.3, 0.4) is 0 Å².